The number of hydrogen-bond acceptors (Lipinski definition) is 6. The minimum Gasteiger partial charge on any atom is -0.477 e. The summed E-state index contributed by atoms with van der Waals surface area (Å²) in [6.45, 7) is 2.61. The van der Waals surface area contributed by atoms with Gasteiger partial charge in [0.15, 0.2) is 11.5 Å². The maximum absolute atomic E-state index is 11.9. The van der Waals surface area contributed by atoms with Gasteiger partial charge in [-0.2, -0.15) is 4.52 Å². The minimum absolute atomic E-state index is 0.208. The number of pyridine rings is 1. The molecule has 0 fully saturated rings. The molecule has 8 nitrogen and oxygen atoms in total. The molecule has 122 valence electrons. The van der Waals surface area contributed by atoms with Crippen molar-refractivity contribution in [2.24, 2.45) is 0 Å². The highest BCUT2D eigenvalue weighted by Crippen LogP contribution is 2.09. The zero-order valence-corrected chi connectivity index (χ0v) is 13.1. The van der Waals surface area contributed by atoms with Gasteiger partial charge in [0.2, 0.25) is 11.8 Å². The monoisotopic (exact) mass is 324 g/mol. The maximum Gasteiger partial charge on any atom is 0.244 e. The highest BCUT2D eigenvalue weighted by Gasteiger charge is 2.08. The Labute approximate surface area is 138 Å². The lowest BCUT2D eigenvalue weighted by atomic mass is 10.2. The van der Waals surface area contributed by atoms with Crippen LogP contribution in [0.4, 0.5) is 0 Å². The summed E-state index contributed by atoms with van der Waals surface area (Å²) in [6, 6.07) is 7.16. The average molecular weight is 324 g/mol. The van der Waals surface area contributed by atoms with Gasteiger partial charge in [-0.1, -0.05) is 6.07 Å². The molecule has 0 spiro atoms. The second-order valence-corrected chi connectivity index (χ2v) is 4.83. The number of fused-ring (bicyclic) bond motifs is 1. The summed E-state index contributed by atoms with van der Waals surface area (Å²) in [5, 5.41) is 15.1. The van der Waals surface area contributed by atoms with E-state index in [0.717, 1.165) is 5.56 Å². The van der Waals surface area contributed by atoms with E-state index in [9.17, 15) is 4.79 Å². The van der Waals surface area contributed by atoms with E-state index in [1.807, 2.05) is 19.1 Å². The molecule has 0 unspecified atom stereocenters. The van der Waals surface area contributed by atoms with Crippen molar-refractivity contribution in [1.29, 1.82) is 0 Å². The van der Waals surface area contributed by atoms with Crippen LogP contribution in [0.5, 0.6) is 5.88 Å². The molecule has 0 saturated carbocycles. The van der Waals surface area contributed by atoms with Gasteiger partial charge in [0.25, 0.3) is 0 Å². The third kappa shape index (κ3) is 3.72. The Kier molecular flexibility index (Phi) is 4.76. The lowest BCUT2D eigenvalue weighted by Gasteiger charge is -2.03. The van der Waals surface area contributed by atoms with Crippen molar-refractivity contribution >= 4 is 17.6 Å². The highest BCUT2D eigenvalue weighted by molar-refractivity contribution is 5.91. The molecule has 0 saturated heterocycles. The van der Waals surface area contributed by atoms with Crippen LogP contribution < -0.4 is 10.1 Å². The van der Waals surface area contributed by atoms with Crippen molar-refractivity contribution in [1.82, 2.24) is 30.1 Å². The summed E-state index contributed by atoms with van der Waals surface area (Å²) in [5.41, 5.74) is 1.44. The van der Waals surface area contributed by atoms with Crippen LogP contribution >= 0.6 is 0 Å². The van der Waals surface area contributed by atoms with Crippen molar-refractivity contribution in [3.63, 3.8) is 0 Å². The predicted molar refractivity (Wildman–Crippen MR) is 87.1 cm³/mol. The fraction of sp³-hybridized carbons (Fsp3) is 0.188. The Morgan fingerprint density at radius 3 is 3.04 bits per heavy atom. The van der Waals surface area contributed by atoms with Crippen LogP contribution in [-0.2, 0) is 11.3 Å². The summed E-state index contributed by atoms with van der Waals surface area (Å²) in [5.74, 6) is 0.764. The molecule has 1 N–H and O–H groups in total. The smallest absolute Gasteiger partial charge is 0.244 e. The van der Waals surface area contributed by atoms with Gasteiger partial charge in [0.05, 0.1) is 13.2 Å². The molecule has 8 heteroatoms. The molecule has 0 aliphatic carbocycles. The van der Waals surface area contributed by atoms with Gasteiger partial charge in [-0.15, -0.1) is 15.3 Å². The Hall–Kier alpha value is -3.29. The van der Waals surface area contributed by atoms with Crippen LogP contribution in [0, 0.1) is 0 Å². The van der Waals surface area contributed by atoms with E-state index < -0.39 is 0 Å². The van der Waals surface area contributed by atoms with Gasteiger partial charge < -0.3 is 10.1 Å². The molecule has 3 aromatic heterocycles. The SMILES string of the molecule is CCOc1ccc2nnc(CNC(=O)/C=C\c3cccnc3)n2n1. The molecule has 0 atom stereocenters. The van der Waals surface area contributed by atoms with Gasteiger partial charge in [-0.25, -0.2) is 0 Å². The van der Waals surface area contributed by atoms with E-state index in [2.05, 4.69) is 25.6 Å². The van der Waals surface area contributed by atoms with Crippen LogP contribution in [0.25, 0.3) is 11.7 Å². The van der Waals surface area contributed by atoms with Crippen LogP contribution in [0.3, 0.4) is 0 Å². The number of rotatable bonds is 6. The van der Waals surface area contributed by atoms with Crippen LogP contribution in [0.2, 0.25) is 0 Å². The Balaban J connectivity index is 1.65. The van der Waals surface area contributed by atoms with Gasteiger partial charge in [-0.05, 0) is 30.7 Å². The largest absolute Gasteiger partial charge is 0.477 e. The van der Waals surface area contributed by atoms with Crippen LogP contribution in [0.1, 0.15) is 18.3 Å². The summed E-state index contributed by atoms with van der Waals surface area (Å²) in [4.78, 5) is 15.9. The van der Waals surface area contributed by atoms with E-state index >= 15 is 0 Å². The normalized spacial score (nSPS) is 11.0. The van der Waals surface area contributed by atoms with Crippen molar-refractivity contribution < 1.29 is 9.53 Å². The molecule has 3 rings (SSSR count). The van der Waals surface area contributed by atoms with Crippen molar-refractivity contribution in [3.8, 4) is 5.88 Å². The number of ether oxygens (including phenoxy) is 1. The van der Waals surface area contributed by atoms with Crippen molar-refractivity contribution in [3.05, 3.63) is 54.1 Å². The topological polar surface area (TPSA) is 94.3 Å². The zero-order valence-electron chi connectivity index (χ0n) is 13.1. The highest BCUT2D eigenvalue weighted by atomic mass is 16.5. The molecule has 0 aliphatic rings. The number of nitrogens with zero attached hydrogens (tertiary/aromatic N) is 5. The molecule has 3 heterocycles. The standard InChI is InChI=1S/C16H16N6O2/c1-2-24-16-8-6-13-19-20-14(22(13)21-16)11-18-15(23)7-5-12-4-3-9-17-10-12/h3-10H,2,11H2,1H3,(H,18,23)/b7-5-. The molecular weight excluding hydrogens is 308 g/mol. The molecule has 0 aliphatic heterocycles. The van der Waals surface area contributed by atoms with Gasteiger partial charge in [-0.3, -0.25) is 9.78 Å². The number of nitrogens with one attached hydrogen (secondary N) is 1. The molecule has 0 bridgehead atoms. The number of amides is 1. The first-order chi connectivity index (χ1) is 11.8. The van der Waals surface area contributed by atoms with E-state index in [0.29, 0.717) is 24.0 Å². The first-order valence-corrected chi connectivity index (χ1v) is 7.46. The van der Waals surface area contributed by atoms with Gasteiger partial charge >= 0.3 is 0 Å². The number of hydrogen-bond donors (Lipinski definition) is 1. The molecule has 0 radical (unpaired) electrons. The van der Waals surface area contributed by atoms with Crippen molar-refractivity contribution in [2.45, 2.75) is 13.5 Å². The predicted octanol–water partition coefficient (Wildman–Crippen LogP) is 1.25. The van der Waals surface area contributed by atoms with Gasteiger partial charge in [0, 0.05) is 24.5 Å². The van der Waals surface area contributed by atoms with E-state index in [1.165, 1.54) is 6.08 Å². The van der Waals surface area contributed by atoms with E-state index in [1.54, 1.807) is 35.1 Å². The third-order valence-corrected chi connectivity index (χ3v) is 3.13. The second-order valence-electron chi connectivity index (χ2n) is 4.83. The lowest BCUT2D eigenvalue weighted by molar-refractivity contribution is -0.116. The van der Waals surface area contributed by atoms with Crippen LogP contribution in [-0.4, -0.2) is 37.3 Å². The maximum atomic E-state index is 11.9. The molecule has 24 heavy (non-hydrogen) atoms. The van der Waals surface area contributed by atoms with Crippen LogP contribution in [0.15, 0.2) is 42.7 Å². The number of carbonyl (C=O) groups is 1. The first kappa shape index (κ1) is 15.6. The molecule has 1 amide bonds. The Morgan fingerprint density at radius 1 is 1.33 bits per heavy atom. The summed E-state index contributed by atoms with van der Waals surface area (Å²) >= 11 is 0. The second kappa shape index (κ2) is 7.32. The Morgan fingerprint density at radius 2 is 2.25 bits per heavy atom. The molecular formula is C16H16N6O2. The number of aromatic nitrogens is 5. The average Bonchev–Trinajstić information content (AvgIpc) is 3.02. The van der Waals surface area contributed by atoms with E-state index in [-0.39, 0.29) is 12.5 Å². The van der Waals surface area contributed by atoms with Crippen molar-refractivity contribution in [2.75, 3.05) is 6.61 Å². The zero-order chi connectivity index (χ0) is 16.8. The molecule has 3 aromatic rings. The number of carbonyl (C=O) groups excluding carboxylic acids is 1. The Bertz CT molecular complexity index is 859. The molecule has 0 aromatic carbocycles. The lowest BCUT2D eigenvalue weighted by Crippen LogP contribution is -2.22. The van der Waals surface area contributed by atoms with E-state index in [4.69, 9.17) is 4.74 Å². The fourth-order valence-corrected chi connectivity index (χ4v) is 2.02. The third-order valence-electron chi connectivity index (χ3n) is 3.13. The van der Waals surface area contributed by atoms with Gasteiger partial charge in [0.1, 0.15) is 0 Å². The fourth-order valence-electron chi connectivity index (χ4n) is 2.02. The minimum atomic E-state index is -0.239. The summed E-state index contributed by atoms with van der Waals surface area (Å²) < 4.78 is 6.91. The summed E-state index contributed by atoms with van der Waals surface area (Å²) in [7, 11) is 0. The summed E-state index contributed by atoms with van der Waals surface area (Å²) in [6.07, 6.45) is 6.49. The quantitative estimate of drug-likeness (QED) is 0.686. The first-order valence-electron chi connectivity index (χ1n) is 7.46.